The van der Waals surface area contributed by atoms with Gasteiger partial charge in [0.1, 0.15) is 6.23 Å². The average molecular weight is 499 g/mol. The lowest BCUT2D eigenvalue weighted by Crippen LogP contribution is -2.56. The van der Waals surface area contributed by atoms with Crippen molar-refractivity contribution < 1.29 is 18.4 Å². The van der Waals surface area contributed by atoms with Gasteiger partial charge in [-0.3, -0.25) is 19.1 Å². The van der Waals surface area contributed by atoms with Crippen molar-refractivity contribution in [3.05, 3.63) is 33.1 Å². The highest BCUT2D eigenvalue weighted by molar-refractivity contribution is 6.74. The molecule has 0 spiro atoms. The van der Waals surface area contributed by atoms with Crippen LogP contribution in [0.4, 0.5) is 0 Å². The van der Waals surface area contributed by atoms with Gasteiger partial charge in [-0.2, -0.15) is 0 Å². The van der Waals surface area contributed by atoms with E-state index in [1.807, 2.05) is 6.92 Å². The van der Waals surface area contributed by atoms with Gasteiger partial charge in [0.25, 0.3) is 5.56 Å². The molecular formula is C23H42N2O6Si2. The number of carbonyl (C=O) groups is 1. The molecule has 0 aromatic carbocycles. The van der Waals surface area contributed by atoms with Gasteiger partial charge in [0, 0.05) is 18.2 Å². The number of ether oxygens (including phenoxy) is 1. The van der Waals surface area contributed by atoms with E-state index in [0.717, 1.165) is 6.29 Å². The third-order valence-corrected chi connectivity index (χ3v) is 16.7. The second-order valence-corrected chi connectivity index (χ2v) is 21.9. The van der Waals surface area contributed by atoms with E-state index in [2.05, 4.69) is 72.7 Å². The van der Waals surface area contributed by atoms with Gasteiger partial charge < -0.3 is 13.6 Å². The minimum Gasteiger partial charge on any atom is -0.413 e. The first-order valence-electron chi connectivity index (χ1n) is 11.6. The minimum atomic E-state index is -2.31. The summed E-state index contributed by atoms with van der Waals surface area (Å²) in [6, 6.07) is 1.27. The molecule has 0 saturated carbocycles. The molecule has 1 N–H and O–H groups in total. The van der Waals surface area contributed by atoms with E-state index >= 15 is 0 Å². The fourth-order valence-electron chi connectivity index (χ4n) is 3.39. The third-order valence-electron chi connectivity index (χ3n) is 7.77. The quantitative estimate of drug-likeness (QED) is 0.450. The molecule has 1 fully saturated rings. The Labute approximate surface area is 199 Å². The second-order valence-electron chi connectivity index (χ2n) is 12.3. The number of hydrogen-bond donors (Lipinski definition) is 1. The van der Waals surface area contributed by atoms with E-state index in [1.54, 1.807) is 0 Å². The van der Waals surface area contributed by atoms with Crippen LogP contribution >= 0.6 is 0 Å². The van der Waals surface area contributed by atoms with E-state index in [1.165, 1.54) is 16.8 Å². The SMILES string of the molecule is CC1C(n2ccc(=O)[nH]c2=O)OC(C=O)(CO[Si](C)(C)C(C)(C)C)C1O[Si](C)(C)C(C)(C)C. The third kappa shape index (κ3) is 5.50. The zero-order chi connectivity index (χ0) is 25.6. The first kappa shape index (κ1) is 27.9. The predicted molar refractivity (Wildman–Crippen MR) is 135 cm³/mol. The Bertz CT molecular complexity index is 973. The Hall–Kier alpha value is -1.34. The minimum absolute atomic E-state index is 0.0469. The Morgan fingerprint density at radius 2 is 1.64 bits per heavy atom. The summed E-state index contributed by atoms with van der Waals surface area (Å²) in [5.74, 6) is -0.337. The Balaban J connectivity index is 2.55. The Morgan fingerprint density at radius 3 is 2.09 bits per heavy atom. The number of carbonyl (C=O) groups excluding carboxylic acids is 1. The number of aldehydes is 1. The van der Waals surface area contributed by atoms with Crippen LogP contribution in [-0.4, -0.2) is 50.8 Å². The average Bonchev–Trinajstić information content (AvgIpc) is 2.91. The van der Waals surface area contributed by atoms with Crippen LogP contribution in [0.1, 0.15) is 54.7 Å². The number of nitrogens with one attached hydrogen (secondary N) is 1. The standard InChI is InChI=1S/C23H42N2O6Si2/c1-16-18(31-33(10,11)22(5,6)7)23(14-26,15-29-32(8,9)21(2,3)4)30-19(16)25-13-12-17(27)24-20(25)28/h12-14,16,18-19H,15H2,1-11H3,(H,24,27,28). The molecule has 8 nitrogen and oxygen atoms in total. The van der Waals surface area contributed by atoms with Crippen LogP contribution in [0, 0.1) is 5.92 Å². The Morgan fingerprint density at radius 1 is 1.09 bits per heavy atom. The predicted octanol–water partition coefficient (Wildman–Crippen LogP) is 4.05. The van der Waals surface area contributed by atoms with Crippen molar-refractivity contribution >= 4 is 22.9 Å². The fourth-order valence-corrected chi connectivity index (χ4v) is 5.81. The number of rotatable bonds is 7. The van der Waals surface area contributed by atoms with E-state index in [4.69, 9.17) is 13.6 Å². The summed E-state index contributed by atoms with van der Waals surface area (Å²) in [5.41, 5.74) is -2.44. The zero-order valence-corrected chi connectivity index (χ0v) is 24.1. The maximum Gasteiger partial charge on any atom is 0.330 e. The van der Waals surface area contributed by atoms with Gasteiger partial charge in [0.2, 0.25) is 0 Å². The van der Waals surface area contributed by atoms with Gasteiger partial charge in [-0.25, -0.2) is 4.79 Å². The molecule has 2 rings (SSSR count). The summed E-state index contributed by atoms with van der Waals surface area (Å²) in [4.78, 5) is 39.1. The maximum atomic E-state index is 12.7. The Kier molecular flexibility index (Phi) is 7.64. The molecule has 0 aliphatic carbocycles. The smallest absolute Gasteiger partial charge is 0.330 e. The summed E-state index contributed by atoms with van der Waals surface area (Å²) in [7, 11) is -4.51. The molecule has 10 heteroatoms. The number of H-pyrrole nitrogens is 1. The highest BCUT2D eigenvalue weighted by atomic mass is 28.4. The van der Waals surface area contributed by atoms with Crippen molar-refractivity contribution in [3.8, 4) is 0 Å². The van der Waals surface area contributed by atoms with Crippen molar-refractivity contribution in [2.75, 3.05) is 6.61 Å². The number of nitrogens with zero attached hydrogens (tertiary/aromatic N) is 1. The van der Waals surface area contributed by atoms with Crippen LogP contribution < -0.4 is 11.2 Å². The molecule has 2 heterocycles. The fraction of sp³-hybridized carbons (Fsp3) is 0.783. The van der Waals surface area contributed by atoms with Gasteiger partial charge in [0.15, 0.2) is 28.5 Å². The topological polar surface area (TPSA) is 99.6 Å². The van der Waals surface area contributed by atoms with Crippen LogP contribution in [0.5, 0.6) is 0 Å². The van der Waals surface area contributed by atoms with Crippen molar-refractivity contribution in [1.29, 1.82) is 0 Å². The molecule has 1 aromatic rings. The molecule has 1 aliphatic heterocycles. The molecule has 0 bridgehead atoms. The summed E-state index contributed by atoms with van der Waals surface area (Å²) >= 11 is 0. The van der Waals surface area contributed by atoms with Crippen LogP contribution in [-0.2, 0) is 18.4 Å². The molecule has 1 saturated heterocycles. The maximum absolute atomic E-state index is 12.7. The second kappa shape index (κ2) is 9.03. The largest absolute Gasteiger partial charge is 0.413 e. The molecule has 4 unspecified atom stereocenters. The lowest BCUT2D eigenvalue weighted by molar-refractivity contribution is -0.149. The highest BCUT2D eigenvalue weighted by Gasteiger charge is 2.58. The highest BCUT2D eigenvalue weighted by Crippen LogP contribution is 2.47. The van der Waals surface area contributed by atoms with Gasteiger partial charge >= 0.3 is 5.69 Å². The molecule has 1 aromatic heterocycles. The van der Waals surface area contributed by atoms with Crippen molar-refractivity contribution in [2.24, 2.45) is 5.92 Å². The van der Waals surface area contributed by atoms with Crippen LogP contribution in [0.15, 0.2) is 21.9 Å². The zero-order valence-electron chi connectivity index (χ0n) is 22.1. The lowest BCUT2D eigenvalue weighted by atomic mass is 9.92. The van der Waals surface area contributed by atoms with Crippen LogP contribution in [0.25, 0.3) is 0 Å². The van der Waals surface area contributed by atoms with Crippen molar-refractivity contribution in [3.63, 3.8) is 0 Å². The molecular weight excluding hydrogens is 456 g/mol. The van der Waals surface area contributed by atoms with Gasteiger partial charge in [-0.05, 0) is 36.3 Å². The molecule has 4 atom stereocenters. The van der Waals surface area contributed by atoms with Crippen LogP contribution in [0.2, 0.25) is 36.3 Å². The van der Waals surface area contributed by atoms with E-state index < -0.39 is 45.8 Å². The number of hydrogen-bond acceptors (Lipinski definition) is 6. The molecule has 188 valence electrons. The van der Waals surface area contributed by atoms with Gasteiger partial charge in [0.05, 0.1) is 12.7 Å². The number of aromatic nitrogens is 2. The van der Waals surface area contributed by atoms with E-state index in [9.17, 15) is 14.4 Å². The number of aromatic amines is 1. The molecule has 1 aliphatic rings. The van der Waals surface area contributed by atoms with Crippen molar-refractivity contribution in [1.82, 2.24) is 9.55 Å². The van der Waals surface area contributed by atoms with Crippen LogP contribution in [0.3, 0.4) is 0 Å². The summed E-state index contributed by atoms with van der Waals surface area (Å²) < 4.78 is 20.9. The normalized spacial score (nSPS) is 27.1. The lowest BCUT2D eigenvalue weighted by Gasteiger charge is -2.44. The van der Waals surface area contributed by atoms with Gasteiger partial charge in [-0.1, -0.05) is 48.5 Å². The molecule has 0 radical (unpaired) electrons. The van der Waals surface area contributed by atoms with Crippen molar-refractivity contribution in [2.45, 2.75) is 103 Å². The first-order chi connectivity index (χ1) is 14.8. The van der Waals surface area contributed by atoms with E-state index in [0.29, 0.717) is 0 Å². The molecule has 33 heavy (non-hydrogen) atoms. The monoisotopic (exact) mass is 498 g/mol. The summed E-state index contributed by atoms with van der Waals surface area (Å²) in [5, 5.41) is -0.138. The summed E-state index contributed by atoms with van der Waals surface area (Å²) in [6.07, 6.45) is 0.800. The first-order valence-corrected chi connectivity index (χ1v) is 17.4. The van der Waals surface area contributed by atoms with E-state index in [-0.39, 0.29) is 22.6 Å². The van der Waals surface area contributed by atoms with Gasteiger partial charge in [-0.15, -0.1) is 0 Å². The summed E-state index contributed by atoms with van der Waals surface area (Å²) in [6.45, 7) is 23.3. The molecule has 0 amide bonds.